The largest absolute Gasteiger partial charge is 0.305 e. The number of benzene rings is 1. The quantitative estimate of drug-likeness (QED) is 0.575. The summed E-state index contributed by atoms with van der Waals surface area (Å²) in [6, 6.07) is 13.9. The van der Waals surface area contributed by atoms with Gasteiger partial charge in [0.15, 0.2) is 5.82 Å². The van der Waals surface area contributed by atoms with E-state index in [-0.39, 0.29) is 5.56 Å². The number of rotatable bonds is 2. The summed E-state index contributed by atoms with van der Waals surface area (Å²) >= 11 is 1.55. The number of nitrogens with zero attached hydrogens (tertiary/aromatic N) is 2. The van der Waals surface area contributed by atoms with Crippen LogP contribution in [0.1, 0.15) is 16.1 Å². The second kappa shape index (κ2) is 5.93. The van der Waals surface area contributed by atoms with Gasteiger partial charge in [0.2, 0.25) is 0 Å². The number of H-pyrrole nitrogens is 1. The topological polar surface area (TPSA) is 58.6 Å². The average Bonchev–Trinajstić information content (AvgIpc) is 2.92. The molecule has 5 heteroatoms. The van der Waals surface area contributed by atoms with Gasteiger partial charge in [0, 0.05) is 16.1 Å². The summed E-state index contributed by atoms with van der Waals surface area (Å²) in [4.78, 5) is 26.7. The molecule has 3 aromatic heterocycles. The highest BCUT2D eigenvalue weighted by molar-refractivity contribution is 7.19. The molecule has 0 spiro atoms. The molecule has 0 aliphatic rings. The van der Waals surface area contributed by atoms with Crippen LogP contribution in [0, 0.1) is 20.8 Å². The molecule has 1 N–H and O–H groups in total. The molecule has 1 aromatic carbocycles. The summed E-state index contributed by atoms with van der Waals surface area (Å²) < 4.78 is 0. The molecule has 0 saturated carbocycles. The smallest absolute Gasteiger partial charge is 0.260 e. The standard InChI is InChI=1S/C20H17N3OS/c1-11-7-9-14(10-8-11)16-13(3)25-20-17(16)19(24)22-18(23-20)15-6-4-5-12(2)21-15/h4-10H,1-3H3,(H,22,23,24). The molecule has 0 bridgehead atoms. The fourth-order valence-electron chi connectivity index (χ4n) is 2.98. The first-order chi connectivity index (χ1) is 12.0. The van der Waals surface area contributed by atoms with Gasteiger partial charge in [-0.3, -0.25) is 4.79 Å². The van der Waals surface area contributed by atoms with Crippen LogP contribution in [0.15, 0.2) is 47.3 Å². The molecule has 4 aromatic rings. The van der Waals surface area contributed by atoms with E-state index in [1.807, 2.05) is 32.0 Å². The number of aryl methyl sites for hydroxylation is 3. The Labute approximate surface area is 149 Å². The monoisotopic (exact) mass is 347 g/mol. The highest BCUT2D eigenvalue weighted by Gasteiger charge is 2.17. The Morgan fingerprint density at radius 3 is 2.44 bits per heavy atom. The second-order valence-electron chi connectivity index (χ2n) is 6.16. The molecule has 4 rings (SSSR count). The van der Waals surface area contributed by atoms with Crippen LogP contribution in [0.2, 0.25) is 0 Å². The van der Waals surface area contributed by atoms with Gasteiger partial charge in [-0.25, -0.2) is 9.97 Å². The molecule has 3 heterocycles. The van der Waals surface area contributed by atoms with E-state index in [2.05, 4.69) is 46.1 Å². The summed E-state index contributed by atoms with van der Waals surface area (Å²) in [5, 5.41) is 0.655. The van der Waals surface area contributed by atoms with Crippen LogP contribution < -0.4 is 5.56 Å². The van der Waals surface area contributed by atoms with Gasteiger partial charge >= 0.3 is 0 Å². The predicted octanol–water partition coefficient (Wildman–Crippen LogP) is 4.64. The Morgan fingerprint density at radius 1 is 0.960 bits per heavy atom. The highest BCUT2D eigenvalue weighted by Crippen LogP contribution is 2.36. The van der Waals surface area contributed by atoms with Crippen molar-refractivity contribution in [2.75, 3.05) is 0 Å². The van der Waals surface area contributed by atoms with E-state index >= 15 is 0 Å². The minimum Gasteiger partial charge on any atom is -0.305 e. The van der Waals surface area contributed by atoms with Crippen molar-refractivity contribution < 1.29 is 0 Å². The molecule has 25 heavy (non-hydrogen) atoms. The molecule has 0 fully saturated rings. The normalized spacial score (nSPS) is 11.2. The van der Waals surface area contributed by atoms with E-state index in [9.17, 15) is 4.79 Å². The summed E-state index contributed by atoms with van der Waals surface area (Å²) in [7, 11) is 0. The molecule has 0 saturated heterocycles. The number of nitrogens with one attached hydrogen (secondary N) is 1. The third-order valence-corrected chi connectivity index (χ3v) is 5.21. The van der Waals surface area contributed by atoms with Crippen LogP contribution in [0.5, 0.6) is 0 Å². The van der Waals surface area contributed by atoms with Crippen molar-refractivity contribution in [3.05, 3.63) is 69.0 Å². The maximum atomic E-state index is 12.8. The van der Waals surface area contributed by atoms with Gasteiger partial charge in [-0.15, -0.1) is 11.3 Å². The minimum absolute atomic E-state index is 0.122. The third kappa shape index (κ3) is 2.76. The first-order valence-corrected chi connectivity index (χ1v) is 8.89. The Kier molecular flexibility index (Phi) is 3.73. The summed E-state index contributed by atoms with van der Waals surface area (Å²) in [5.74, 6) is 0.512. The van der Waals surface area contributed by atoms with Gasteiger partial charge in [0.05, 0.1) is 5.39 Å². The third-order valence-electron chi connectivity index (χ3n) is 4.21. The van der Waals surface area contributed by atoms with E-state index < -0.39 is 0 Å². The van der Waals surface area contributed by atoms with Crippen molar-refractivity contribution >= 4 is 21.6 Å². The maximum Gasteiger partial charge on any atom is 0.260 e. The van der Waals surface area contributed by atoms with Crippen molar-refractivity contribution in [1.29, 1.82) is 0 Å². The van der Waals surface area contributed by atoms with Crippen LogP contribution in [0.4, 0.5) is 0 Å². The molecule has 4 nitrogen and oxygen atoms in total. The van der Waals surface area contributed by atoms with Crippen molar-refractivity contribution in [2.24, 2.45) is 0 Å². The van der Waals surface area contributed by atoms with Crippen LogP contribution >= 0.6 is 11.3 Å². The van der Waals surface area contributed by atoms with Gasteiger partial charge in [-0.05, 0) is 38.5 Å². The molecular formula is C20H17N3OS. The number of hydrogen-bond acceptors (Lipinski definition) is 4. The molecule has 124 valence electrons. The lowest BCUT2D eigenvalue weighted by molar-refractivity contribution is 1.12. The summed E-state index contributed by atoms with van der Waals surface area (Å²) in [5.41, 5.74) is 4.66. The Hall–Kier alpha value is -2.79. The molecule has 0 aliphatic carbocycles. The first kappa shape index (κ1) is 15.7. The molecule has 0 atom stereocenters. The summed E-state index contributed by atoms with van der Waals surface area (Å²) in [6.45, 7) is 6.01. The van der Waals surface area contributed by atoms with Crippen LogP contribution in [-0.4, -0.2) is 15.0 Å². The number of thiophene rings is 1. The zero-order valence-corrected chi connectivity index (χ0v) is 15.1. The molecule has 0 radical (unpaired) electrons. The SMILES string of the molecule is Cc1ccc(-c2c(C)sc3nc(-c4cccc(C)n4)[nH]c(=O)c23)cc1. The molecule has 0 amide bonds. The Morgan fingerprint density at radius 2 is 1.72 bits per heavy atom. The average molecular weight is 347 g/mol. The molecular weight excluding hydrogens is 330 g/mol. The number of fused-ring (bicyclic) bond motifs is 1. The van der Waals surface area contributed by atoms with Crippen molar-refractivity contribution in [3.8, 4) is 22.6 Å². The molecule has 0 unspecified atom stereocenters. The van der Waals surface area contributed by atoms with E-state index in [0.717, 1.165) is 26.5 Å². The predicted molar refractivity (Wildman–Crippen MR) is 103 cm³/mol. The fraction of sp³-hybridized carbons (Fsp3) is 0.150. The van der Waals surface area contributed by atoms with E-state index in [4.69, 9.17) is 0 Å². The van der Waals surface area contributed by atoms with Crippen molar-refractivity contribution in [2.45, 2.75) is 20.8 Å². The minimum atomic E-state index is -0.122. The van der Waals surface area contributed by atoms with Crippen molar-refractivity contribution in [3.63, 3.8) is 0 Å². The zero-order valence-electron chi connectivity index (χ0n) is 14.3. The van der Waals surface area contributed by atoms with Crippen LogP contribution in [-0.2, 0) is 0 Å². The van der Waals surface area contributed by atoms with Gasteiger partial charge in [-0.1, -0.05) is 35.9 Å². The molecule has 0 aliphatic heterocycles. The Balaban J connectivity index is 1.95. The highest BCUT2D eigenvalue weighted by atomic mass is 32.1. The fourth-order valence-corrected chi connectivity index (χ4v) is 4.03. The number of aromatic nitrogens is 3. The van der Waals surface area contributed by atoms with Crippen LogP contribution in [0.25, 0.3) is 32.9 Å². The number of aromatic amines is 1. The van der Waals surface area contributed by atoms with Gasteiger partial charge < -0.3 is 4.98 Å². The lowest BCUT2D eigenvalue weighted by Gasteiger charge is -2.04. The maximum absolute atomic E-state index is 12.8. The van der Waals surface area contributed by atoms with Gasteiger partial charge in [0.25, 0.3) is 5.56 Å². The summed E-state index contributed by atoms with van der Waals surface area (Å²) in [6.07, 6.45) is 0. The zero-order chi connectivity index (χ0) is 17.6. The van der Waals surface area contributed by atoms with E-state index in [1.165, 1.54) is 5.56 Å². The van der Waals surface area contributed by atoms with Gasteiger partial charge in [-0.2, -0.15) is 0 Å². The lowest BCUT2D eigenvalue weighted by atomic mass is 10.0. The van der Waals surface area contributed by atoms with Gasteiger partial charge in [0.1, 0.15) is 10.5 Å². The Bertz CT molecular complexity index is 1140. The van der Waals surface area contributed by atoms with Crippen LogP contribution in [0.3, 0.4) is 0 Å². The van der Waals surface area contributed by atoms with Crippen molar-refractivity contribution in [1.82, 2.24) is 15.0 Å². The number of hydrogen-bond donors (Lipinski definition) is 1. The van der Waals surface area contributed by atoms with E-state index in [0.29, 0.717) is 16.9 Å². The second-order valence-corrected chi connectivity index (χ2v) is 7.36. The first-order valence-electron chi connectivity index (χ1n) is 8.07. The van der Waals surface area contributed by atoms with E-state index in [1.54, 1.807) is 11.3 Å². The lowest BCUT2D eigenvalue weighted by Crippen LogP contribution is -2.09. The number of pyridine rings is 1.